The Hall–Kier alpha value is -6.54. The Bertz CT molecular complexity index is 2330. The smallest absolute Gasteiger partial charge is 0.243 e. The average Bonchev–Trinajstić information content (AvgIpc) is 3.65. The van der Waals surface area contributed by atoms with E-state index in [9.17, 15) is 28.8 Å². The molecule has 0 saturated carbocycles. The summed E-state index contributed by atoms with van der Waals surface area (Å²) in [5.41, 5.74) is 8.78. The number of hydrogen-bond acceptors (Lipinski definition) is 7. The number of benzene rings is 4. The number of amides is 6. The molecular weight excluding hydrogens is 773 g/mol. The molecule has 6 rings (SSSR count). The van der Waals surface area contributed by atoms with E-state index in [-0.39, 0.29) is 69.5 Å². The van der Waals surface area contributed by atoms with Gasteiger partial charge < -0.3 is 42.6 Å². The van der Waals surface area contributed by atoms with E-state index < -0.39 is 53.7 Å². The van der Waals surface area contributed by atoms with Gasteiger partial charge in [0.2, 0.25) is 35.4 Å². The van der Waals surface area contributed by atoms with Gasteiger partial charge in [-0.2, -0.15) is 0 Å². The number of rotatable bonds is 11. The van der Waals surface area contributed by atoms with Crippen LogP contribution in [-0.2, 0) is 48.0 Å². The first-order valence-corrected chi connectivity index (χ1v) is 21.0. The van der Waals surface area contributed by atoms with Crippen LogP contribution in [0.1, 0.15) is 56.2 Å². The zero-order valence-corrected chi connectivity index (χ0v) is 34.7. The van der Waals surface area contributed by atoms with Gasteiger partial charge in [0.1, 0.15) is 18.1 Å². The molecule has 0 spiro atoms. The van der Waals surface area contributed by atoms with Crippen LogP contribution in [0.5, 0.6) is 0 Å². The van der Waals surface area contributed by atoms with Crippen LogP contribution in [-0.4, -0.2) is 83.7 Å². The van der Waals surface area contributed by atoms with Gasteiger partial charge in [0.15, 0.2) is 0 Å². The number of hydrogen-bond donors (Lipinski definition) is 8. The summed E-state index contributed by atoms with van der Waals surface area (Å²) in [6.07, 6.45) is 2.39. The van der Waals surface area contributed by atoms with Gasteiger partial charge in [-0.15, -0.1) is 0 Å². The van der Waals surface area contributed by atoms with Crippen molar-refractivity contribution in [2.75, 3.05) is 13.1 Å². The number of nitrogens with two attached hydrogens (primary N) is 1. The molecule has 2 unspecified atom stereocenters. The zero-order chi connectivity index (χ0) is 43.3. The number of aromatic amines is 1. The second-order valence-electron chi connectivity index (χ2n) is 16.2. The maximum absolute atomic E-state index is 14.4. The van der Waals surface area contributed by atoms with E-state index in [0.29, 0.717) is 6.42 Å². The first-order chi connectivity index (χ1) is 29.4. The lowest BCUT2D eigenvalue weighted by Gasteiger charge is -2.27. The molecule has 1 aliphatic heterocycles. The summed E-state index contributed by atoms with van der Waals surface area (Å²) in [6, 6.07) is 25.8. The second kappa shape index (κ2) is 21.1. The maximum atomic E-state index is 14.4. The quantitative estimate of drug-likeness (QED) is 0.0995. The normalized spacial score (nSPS) is 21.4. The molecule has 1 fully saturated rings. The van der Waals surface area contributed by atoms with Gasteiger partial charge in [-0.3, -0.25) is 28.8 Å². The molecule has 1 aliphatic rings. The first-order valence-electron chi connectivity index (χ1n) is 21.0. The number of aromatic nitrogens is 1. The minimum Gasteiger partial charge on any atom is -0.370 e. The molecule has 14 nitrogen and oxygen atoms in total. The van der Waals surface area contributed by atoms with E-state index in [2.05, 4.69) is 36.9 Å². The minimum atomic E-state index is -1.27. The molecule has 0 radical (unpaired) electrons. The number of primary amides is 1. The van der Waals surface area contributed by atoms with E-state index in [1.807, 2.05) is 111 Å². The highest BCUT2D eigenvalue weighted by atomic mass is 16.2. The van der Waals surface area contributed by atoms with E-state index in [1.165, 1.54) is 0 Å². The summed E-state index contributed by atoms with van der Waals surface area (Å²) >= 11 is 0. The van der Waals surface area contributed by atoms with Crippen LogP contribution in [0.15, 0.2) is 103 Å². The topological polar surface area (TPSA) is 216 Å². The number of H-pyrrole nitrogens is 1. The Balaban J connectivity index is 1.35. The standard InChI is InChI=1S/C47H56N8O6/c1-29(2)22-35-28-51-39(25-31-16-17-32-12-6-7-13-33(32)23-31)46(60)53-38(18-19-42(48)56)45(59)55-41(26-34-27-50-37-15-9-8-14-36(34)37)47(61)54-40(24-30-10-4-3-5-11-30)44(58)49-21-20-43(57)52-35/h3-17,23,27,29,35,38-41,50-51H,18-22,24-26,28H2,1-2H3,(H2,48,56)(H,49,58)(H,52,57)(H,53,60)(H,54,61)(H,55,59)/t35?,38-,39?,40-,41-/m0/s1. The van der Waals surface area contributed by atoms with Crippen molar-refractivity contribution in [1.29, 1.82) is 0 Å². The molecule has 5 atom stereocenters. The van der Waals surface area contributed by atoms with Gasteiger partial charge in [0, 0.05) is 61.9 Å². The van der Waals surface area contributed by atoms with Gasteiger partial charge in [-0.1, -0.05) is 105 Å². The summed E-state index contributed by atoms with van der Waals surface area (Å²) < 4.78 is 0. The lowest BCUT2D eigenvalue weighted by molar-refractivity contribution is -0.134. The fourth-order valence-corrected chi connectivity index (χ4v) is 7.79. The monoisotopic (exact) mass is 828 g/mol. The molecular formula is C47H56N8O6. The lowest BCUT2D eigenvalue weighted by atomic mass is 9.99. The average molecular weight is 829 g/mol. The van der Waals surface area contributed by atoms with E-state index in [0.717, 1.165) is 38.4 Å². The Morgan fingerprint density at radius 3 is 2.07 bits per heavy atom. The third kappa shape index (κ3) is 12.7. The van der Waals surface area contributed by atoms with Crippen molar-refractivity contribution in [3.8, 4) is 0 Å². The Labute approximate surface area is 355 Å². The summed E-state index contributed by atoms with van der Waals surface area (Å²) in [5.74, 6) is -3.11. The minimum absolute atomic E-state index is 0.0116. The highest BCUT2D eigenvalue weighted by Crippen LogP contribution is 2.21. The van der Waals surface area contributed by atoms with Gasteiger partial charge in [0.05, 0.1) is 6.04 Å². The first kappa shape index (κ1) is 44.0. The van der Waals surface area contributed by atoms with Crippen molar-refractivity contribution < 1.29 is 28.8 Å². The highest BCUT2D eigenvalue weighted by molar-refractivity contribution is 5.96. The molecule has 4 aromatic carbocycles. The fraction of sp³-hybridized carbons (Fsp3) is 0.362. The van der Waals surface area contributed by atoms with Crippen LogP contribution in [0.3, 0.4) is 0 Å². The highest BCUT2D eigenvalue weighted by Gasteiger charge is 2.33. The number of fused-ring (bicyclic) bond motifs is 2. The van der Waals surface area contributed by atoms with E-state index >= 15 is 0 Å². The third-order valence-corrected chi connectivity index (χ3v) is 10.9. The molecule has 0 aliphatic carbocycles. The van der Waals surface area contributed by atoms with Gasteiger partial charge in [-0.05, 0) is 58.7 Å². The molecule has 6 amide bonds. The number of carbonyl (C=O) groups excluding carboxylic acids is 6. The van der Waals surface area contributed by atoms with Crippen molar-refractivity contribution in [3.05, 3.63) is 120 Å². The van der Waals surface area contributed by atoms with Crippen molar-refractivity contribution in [1.82, 2.24) is 36.9 Å². The van der Waals surface area contributed by atoms with Gasteiger partial charge in [0.25, 0.3) is 0 Å². The Kier molecular flexibility index (Phi) is 15.2. The van der Waals surface area contributed by atoms with Crippen LogP contribution >= 0.6 is 0 Å². The molecule has 1 aromatic heterocycles. The fourth-order valence-electron chi connectivity index (χ4n) is 7.79. The summed E-state index contributed by atoms with van der Waals surface area (Å²) in [7, 11) is 0. The Morgan fingerprint density at radius 2 is 1.31 bits per heavy atom. The second-order valence-corrected chi connectivity index (χ2v) is 16.2. The van der Waals surface area contributed by atoms with Crippen LogP contribution in [0.25, 0.3) is 21.7 Å². The lowest BCUT2D eigenvalue weighted by Crippen LogP contribution is -2.59. The van der Waals surface area contributed by atoms with E-state index in [1.54, 1.807) is 6.20 Å². The predicted molar refractivity (Wildman–Crippen MR) is 235 cm³/mol. The molecule has 1 saturated heterocycles. The molecule has 5 aromatic rings. The van der Waals surface area contributed by atoms with Gasteiger partial charge in [-0.25, -0.2) is 0 Å². The number of para-hydroxylation sites is 1. The van der Waals surface area contributed by atoms with Crippen molar-refractivity contribution in [3.63, 3.8) is 0 Å². The predicted octanol–water partition coefficient (Wildman–Crippen LogP) is 3.08. The van der Waals surface area contributed by atoms with Crippen molar-refractivity contribution >= 4 is 57.1 Å². The molecule has 9 N–H and O–H groups in total. The molecule has 0 bridgehead atoms. The van der Waals surface area contributed by atoms with Crippen molar-refractivity contribution in [2.45, 2.75) is 89.0 Å². The number of nitrogens with one attached hydrogen (secondary N) is 7. The third-order valence-electron chi connectivity index (χ3n) is 10.9. The maximum Gasteiger partial charge on any atom is 0.243 e. The van der Waals surface area contributed by atoms with E-state index in [4.69, 9.17) is 5.73 Å². The molecule has 2 heterocycles. The van der Waals surface area contributed by atoms with Crippen LogP contribution in [0.4, 0.5) is 0 Å². The van der Waals surface area contributed by atoms with Crippen LogP contribution < -0.4 is 37.6 Å². The van der Waals surface area contributed by atoms with Crippen LogP contribution in [0.2, 0.25) is 0 Å². The summed E-state index contributed by atoms with van der Waals surface area (Å²) in [6.45, 7) is 4.31. The molecule has 61 heavy (non-hydrogen) atoms. The molecule has 14 heteroatoms. The van der Waals surface area contributed by atoms with Crippen LogP contribution in [0, 0.1) is 5.92 Å². The van der Waals surface area contributed by atoms with Gasteiger partial charge >= 0.3 is 0 Å². The largest absolute Gasteiger partial charge is 0.370 e. The molecule has 320 valence electrons. The Morgan fingerprint density at radius 1 is 0.672 bits per heavy atom. The summed E-state index contributed by atoms with van der Waals surface area (Å²) in [4.78, 5) is 85.8. The van der Waals surface area contributed by atoms with Crippen molar-refractivity contribution in [2.24, 2.45) is 11.7 Å². The SMILES string of the molecule is CC(C)CC1CNC(Cc2ccc3ccccc3c2)C(=O)N[C@@H](CCC(N)=O)C(=O)N[C@@H](Cc2c[nH]c3ccccc23)C(=O)N[C@@H](Cc2ccccc2)C(=O)NCCC(=O)N1. The number of carbonyl (C=O) groups is 6. The zero-order valence-electron chi connectivity index (χ0n) is 34.7. The summed E-state index contributed by atoms with van der Waals surface area (Å²) in [5, 5.41) is 20.8.